The lowest BCUT2D eigenvalue weighted by atomic mass is 9.99. The topological polar surface area (TPSA) is 194 Å². The van der Waals surface area contributed by atoms with Crippen molar-refractivity contribution < 1.29 is 37.1 Å². The maximum Gasteiger partial charge on any atom is 0.247 e. The van der Waals surface area contributed by atoms with Crippen LogP contribution in [0.1, 0.15) is 130 Å². The number of rotatable bonds is 9. The molecule has 6 aliphatic rings. The molecule has 3 N–H and O–H groups in total. The predicted molar refractivity (Wildman–Crippen MR) is 224 cm³/mol. The van der Waals surface area contributed by atoms with Gasteiger partial charge in [-0.15, -0.1) is 0 Å². The lowest BCUT2D eigenvalue weighted by molar-refractivity contribution is -0.136. The second-order valence-electron chi connectivity index (χ2n) is 17.1. The largest absolute Gasteiger partial charge is 0.446 e. The van der Waals surface area contributed by atoms with Gasteiger partial charge in [0, 0.05) is 71.7 Å². The van der Waals surface area contributed by atoms with Gasteiger partial charge in [0.2, 0.25) is 17.7 Å². The number of carbonyl (C=O) groups is 3. The number of amides is 3. The summed E-state index contributed by atoms with van der Waals surface area (Å²) in [6.45, 7) is 5.96. The van der Waals surface area contributed by atoms with Gasteiger partial charge in [0.25, 0.3) is 0 Å². The van der Waals surface area contributed by atoms with Crippen LogP contribution in [0.4, 0.5) is 0 Å². The molecular weight excluding hydrogens is 783 g/mol. The standard InChI is InChI=1S/C16H25N3O2.C15H23N3O3.C13H19N3O3/c1-17-14-15-13(18-11-21-15)8-9-19(16(14)20)10-12-6-4-2-3-5-7-12;1-16-13-14-12(17-10-21-14)6-7-18(15(13)19)9-11-5-3-2-4-8-20-11;1-14-11-12-10(15-8-19-12)4-5-16(13(11)17)7-9-3-2-6-18-9/h11-12,14,17H,2-10H2,1H3;10-11,13,16H,2-9H2,1H3;8-9,11,14H,2-7H2,1H3. The molecule has 2 saturated heterocycles. The first-order valence-electron chi connectivity index (χ1n) is 22.8. The average molecular weight is 850 g/mol. The first-order valence-corrected chi connectivity index (χ1v) is 22.8. The number of nitrogens with one attached hydrogen (secondary N) is 3. The van der Waals surface area contributed by atoms with E-state index < -0.39 is 12.1 Å². The van der Waals surface area contributed by atoms with Gasteiger partial charge < -0.3 is 53.4 Å². The monoisotopic (exact) mass is 850 g/mol. The highest BCUT2D eigenvalue weighted by Crippen LogP contribution is 2.29. The van der Waals surface area contributed by atoms with Gasteiger partial charge >= 0.3 is 0 Å². The molecule has 3 aromatic rings. The molecule has 3 fully saturated rings. The molecule has 61 heavy (non-hydrogen) atoms. The van der Waals surface area contributed by atoms with Crippen molar-refractivity contribution >= 4 is 17.7 Å². The number of oxazole rings is 3. The Kier molecular flexibility index (Phi) is 16.4. The third-order valence-electron chi connectivity index (χ3n) is 13.1. The summed E-state index contributed by atoms with van der Waals surface area (Å²) in [6, 6.07) is -1.24. The highest BCUT2D eigenvalue weighted by Gasteiger charge is 2.37. The molecule has 336 valence electrons. The minimum atomic E-state index is -0.434. The second-order valence-corrected chi connectivity index (χ2v) is 17.1. The zero-order valence-electron chi connectivity index (χ0n) is 36.4. The lowest BCUT2D eigenvalue weighted by Crippen LogP contribution is -2.43. The van der Waals surface area contributed by atoms with E-state index in [9.17, 15) is 14.4 Å². The molecule has 1 saturated carbocycles. The summed E-state index contributed by atoms with van der Waals surface area (Å²) >= 11 is 0. The van der Waals surface area contributed by atoms with E-state index in [0.717, 1.165) is 88.3 Å². The van der Waals surface area contributed by atoms with Crippen molar-refractivity contribution in [3.63, 3.8) is 0 Å². The summed E-state index contributed by atoms with van der Waals surface area (Å²) in [5.74, 6) is 2.91. The summed E-state index contributed by atoms with van der Waals surface area (Å²) in [6.07, 6.45) is 21.4. The number of hydrogen-bond donors (Lipinski definition) is 3. The minimum absolute atomic E-state index is 0.0495. The zero-order valence-corrected chi connectivity index (χ0v) is 36.4. The first kappa shape index (κ1) is 44.9. The molecule has 5 unspecified atom stereocenters. The highest BCUT2D eigenvalue weighted by atomic mass is 16.5. The van der Waals surface area contributed by atoms with Crippen molar-refractivity contribution in [3.05, 3.63) is 53.5 Å². The number of likely N-dealkylation sites (N-methyl/N-ethyl adjacent to an activating group) is 3. The second kappa shape index (κ2) is 22.3. The van der Waals surface area contributed by atoms with E-state index in [2.05, 4.69) is 30.9 Å². The van der Waals surface area contributed by atoms with Gasteiger partial charge in [-0.2, -0.15) is 0 Å². The summed E-state index contributed by atoms with van der Waals surface area (Å²) in [5.41, 5.74) is 2.68. The molecule has 1 aliphatic carbocycles. The van der Waals surface area contributed by atoms with Crippen molar-refractivity contribution in [2.24, 2.45) is 5.92 Å². The molecule has 17 heteroatoms. The summed E-state index contributed by atoms with van der Waals surface area (Å²) in [7, 11) is 5.36. The Morgan fingerprint density at radius 2 is 0.885 bits per heavy atom. The van der Waals surface area contributed by atoms with Gasteiger partial charge in [0.15, 0.2) is 36.5 Å². The van der Waals surface area contributed by atoms with Gasteiger partial charge in [0.1, 0.15) is 18.1 Å². The van der Waals surface area contributed by atoms with Gasteiger partial charge in [-0.05, 0) is 65.6 Å². The number of carbonyl (C=O) groups excluding carboxylic acids is 3. The van der Waals surface area contributed by atoms with Crippen LogP contribution in [-0.2, 0) is 43.1 Å². The molecule has 5 atom stereocenters. The third kappa shape index (κ3) is 11.3. The Balaban J connectivity index is 0.000000138. The van der Waals surface area contributed by atoms with Crippen LogP contribution in [0.2, 0.25) is 0 Å². The maximum absolute atomic E-state index is 12.8. The average Bonchev–Trinajstić information content (AvgIpc) is 4.04. The van der Waals surface area contributed by atoms with Crippen LogP contribution < -0.4 is 16.0 Å². The minimum Gasteiger partial charge on any atom is -0.446 e. The molecule has 8 heterocycles. The van der Waals surface area contributed by atoms with E-state index in [1.54, 1.807) is 14.1 Å². The Hall–Kier alpha value is -4.16. The van der Waals surface area contributed by atoms with Crippen LogP contribution in [0.25, 0.3) is 0 Å². The molecule has 3 amide bonds. The molecule has 0 spiro atoms. The van der Waals surface area contributed by atoms with Crippen LogP contribution >= 0.6 is 0 Å². The SMILES string of the molecule is CNC1C(=O)N(CC2CCCCCC2)CCc2ncoc21.CNC1C(=O)N(CC2CCCCCO2)CCc2ncoc21.CNC1C(=O)N(CC2CCCO2)CCc2ncoc21. The first-order chi connectivity index (χ1) is 29.9. The van der Waals surface area contributed by atoms with Crippen molar-refractivity contribution in [2.75, 3.05) is 73.6 Å². The van der Waals surface area contributed by atoms with Crippen molar-refractivity contribution in [1.82, 2.24) is 45.6 Å². The number of hydrogen-bond acceptors (Lipinski definition) is 14. The fraction of sp³-hybridized carbons (Fsp3) is 0.727. The zero-order chi connectivity index (χ0) is 42.6. The molecule has 5 aliphatic heterocycles. The molecule has 17 nitrogen and oxygen atoms in total. The van der Waals surface area contributed by atoms with E-state index in [4.69, 9.17) is 22.7 Å². The van der Waals surface area contributed by atoms with Gasteiger partial charge in [-0.3, -0.25) is 14.4 Å². The number of fused-ring (bicyclic) bond motifs is 3. The fourth-order valence-electron chi connectivity index (χ4n) is 9.61. The Morgan fingerprint density at radius 3 is 1.30 bits per heavy atom. The number of aromatic nitrogens is 3. The number of nitrogens with zero attached hydrogens (tertiary/aromatic N) is 6. The number of ether oxygens (including phenoxy) is 2. The van der Waals surface area contributed by atoms with Crippen LogP contribution in [0.15, 0.2) is 32.4 Å². The van der Waals surface area contributed by atoms with Crippen LogP contribution in [0.3, 0.4) is 0 Å². The predicted octanol–water partition coefficient (Wildman–Crippen LogP) is 4.07. The quantitative estimate of drug-likeness (QED) is 0.261. The Labute approximate surface area is 359 Å². The van der Waals surface area contributed by atoms with Gasteiger partial charge in [-0.25, -0.2) is 15.0 Å². The molecular formula is C44H67N9O8. The Bertz CT molecular complexity index is 1740. The van der Waals surface area contributed by atoms with E-state index >= 15 is 0 Å². The molecule has 0 radical (unpaired) electrons. The lowest BCUT2D eigenvalue weighted by Gasteiger charge is -2.28. The normalized spacial score (nSPS) is 26.3. The van der Waals surface area contributed by atoms with Crippen molar-refractivity contribution in [1.29, 1.82) is 0 Å². The smallest absolute Gasteiger partial charge is 0.247 e. The molecule has 3 aromatic heterocycles. The van der Waals surface area contributed by atoms with E-state index in [1.165, 1.54) is 70.5 Å². The summed E-state index contributed by atoms with van der Waals surface area (Å²) < 4.78 is 27.7. The fourth-order valence-corrected chi connectivity index (χ4v) is 9.61. The molecule has 9 rings (SSSR count). The van der Waals surface area contributed by atoms with Crippen LogP contribution in [0.5, 0.6) is 0 Å². The van der Waals surface area contributed by atoms with Crippen molar-refractivity contribution in [3.8, 4) is 0 Å². The summed E-state index contributed by atoms with van der Waals surface area (Å²) in [4.78, 5) is 56.5. The van der Waals surface area contributed by atoms with Crippen LogP contribution in [0, 0.1) is 5.92 Å². The van der Waals surface area contributed by atoms with Gasteiger partial charge in [0.05, 0.1) is 29.3 Å². The molecule has 0 aromatic carbocycles. The summed E-state index contributed by atoms with van der Waals surface area (Å²) in [5, 5.41) is 9.17. The Morgan fingerprint density at radius 1 is 0.508 bits per heavy atom. The van der Waals surface area contributed by atoms with Crippen molar-refractivity contribution in [2.45, 2.75) is 127 Å². The maximum atomic E-state index is 12.8. The van der Waals surface area contributed by atoms with E-state index in [-0.39, 0.29) is 36.0 Å². The van der Waals surface area contributed by atoms with E-state index in [1.807, 2.05) is 21.7 Å². The third-order valence-corrected chi connectivity index (χ3v) is 13.1. The van der Waals surface area contributed by atoms with Crippen LogP contribution in [-0.4, -0.2) is 133 Å². The highest BCUT2D eigenvalue weighted by molar-refractivity contribution is 5.84. The van der Waals surface area contributed by atoms with Gasteiger partial charge in [-0.1, -0.05) is 38.5 Å². The van der Waals surface area contributed by atoms with E-state index in [0.29, 0.717) is 49.4 Å². The molecule has 0 bridgehead atoms.